The number of halogens is 2. The molecule has 1 saturated heterocycles. The standard InChI is InChI=1S/C14H17ClN2O.C4H10N2.CH3F/c1-3-5-6-13-16-12-8-7-10(15)9-11(12)14(18)17(13)4-2;1-2-6-4-3-5-1;1-2/h7-9H,3-6H2,1-2H3;5-6H,1-4H2;1H3. The van der Waals surface area contributed by atoms with Crippen molar-refractivity contribution in [2.24, 2.45) is 0 Å². The number of unbranched alkanes of at least 4 members (excludes halogenated alkanes) is 1. The van der Waals surface area contributed by atoms with E-state index in [0.29, 0.717) is 24.1 Å². The van der Waals surface area contributed by atoms with Gasteiger partial charge >= 0.3 is 0 Å². The summed E-state index contributed by atoms with van der Waals surface area (Å²) < 4.78 is 11.2. The van der Waals surface area contributed by atoms with Gasteiger partial charge in [0.05, 0.1) is 18.1 Å². The second-order valence-electron chi connectivity index (χ2n) is 5.84. The molecule has 1 fully saturated rings. The monoisotopic (exact) mass is 384 g/mol. The van der Waals surface area contributed by atoms with Gasteiger partial charge in [0, 0.05) is 44.2 Å². The zero-order valence-electron chi connectivity index (χ0n) is 15.9. The number of aryl methyl sites for hydroxylation is 1. The zero-order valence-corrected chi connectivity index (χ0v) is 16.7. The molecule has 0 amide bonds. The van der Waals surface area contributed by atoms with E-state index in [1.165, 1.54) is 0 Å². The number of hydrogen-bond donors (Lipinski definition) is 2. The average molecular weight is 385 g/mol. The molecule has 3 rings (SSSR count). The molecule has 1 aromatic carbocycles. The van der Waals surface area contributed by atoms with Crippen LogP contribution in [0, 0.1) is 0 Å². The van der Waals surface area contributed by atoms with Crippen LogP contribution in [0.1, 0.15) is 32.5 Å². The van der Waals surface area contributed by atoms with Crippen molar-refractivity contribution in [1.82, 2.24) is 20.2 Å². The van der Waals surface area contributed by atoms with Crippen molar-refractivity contribution in [2.45, 2.75) is 39.7 Å². The lowest BCUT2D eigenvalue weighted by molar-refractivity contribution is 0.534. The first-order valence-electron chi connectivity index (χ1n) is 9.15. The van der Waals surface area contributed by atoms with E-state index in [9.17, 15) is 9.18 Å². The summed E-state index contributed by atoms with van der Waals surface area (Å²) in [7, 11) is 0.500. The molecule has 1 aliphatic heterocycles. The fraction of sp³-hybridized carbons (Fsp3) is 0.579. The van der Waals surface area contributed by atoms with Crippen LogP contribution in [-0.2, 0) is 13.0 Å². The number of nitrogens with zero attached hydrogens (tertiary/aromatic N) is 2. The first-order valence-corrected chi connectivity index (χ1v) is 9.53. The number of alkyl halides is 1. The SMILES string of the molecule is C1CNCCN1.CCCCc1nc2ccc(Cl)cc2c(=O)n1CC.CF. The fourth-order valence-corrected chi connectivity index (χ4v) is 2.87. The zero-order chi connectivity index (χ0) is 19.4. The van der Waals surface area contributed by atoms with Gasteiger partial charge in [0.15, 0.2) is 0 Å². The van der Waals surface area contributed by atoms with Crippen LogP contribution in [0.2, 0.25) is 5.02 Å². The van der Waals surface area contributed by atoms with Gasteiger partial charge in [0.1, 0.15) is 5.82 Å². The largest absolute Gasteiger partial charge is 0.314 e. The molecule has 26 heavy (non-hydrogen) atoms. The predicted octanol–water partition coefficient (Wildman–Crippen LogP) is 3.18. The smallest absolute Gasteiger partial charge is 0.261 e. The van der Waals surface area contributed by atoms with Gasteiger partial charge in [-0.3, -0.25) is 13.8 Å². The van der Waals surface area contributed by atoms with Gasteiger partial charge in [-0.2, -0.15) is 0 Å². The van der Waals surface area contributed by atoms with Gasteiger partial charge < -0.3 is 10.6 Å². The number of benzene rings is 1. The normalized spacial score (nSPS) is 13.4. The Kier molecular flexibility index (Phi) is 11.1. The molecule has 0 spiro atoms. The van der Waals surface area contributed by atoms with E-state index in [-0.39, 0.29) is 5.56 Å². The topological polar surface area (TPSA) is 59.0 Å². The number of rotatable bonds is 4. The second kappa shape index (κ2) is 12.8. The van der Waals surface area contributed by atoms with E-state index in [1.807, 2.05) is 13.0 Å². The van der Waals surface area contributed by atoms with Gasteiger partial charge in [0.25, 0.3) is 5.56 Å². The summed E-state index contributed by atoms with van der Waals surface area (Å²) in [6.07, 6.45) is 2.99. The molecule has 146 valence electrons. The Labute approximate surface area is 160 Å². The van der Waals surface area contributed by atoms with E-state index in [1.54, 1.807) is 16.7 Å². The first kappa shape index (κ1) is 22.5. The van der Waals surface area contributed by atoms with Gasteiger partial charge in [-0.15, -0.1) is 0 Å². The van der Waals surface area contributed by atoms with Gasteiger partial charge in [-0.05, 0) is 31.5 Å². The van der Waals surface area contributed by atoms with Gasteiger partial charge in [0.2, 0.25) is 0 Å². The number of hydrogen-bond acceptors (Lipinski definition) is 4. The van der Waals surface area contributed by atoms with Crippen LogP contribution < -0.4 is 16.2 Å². The van der Waals surface area contributed by atoms with Crippen LogP contribution in [0.5, 0.6) is 0 Å². The lowest BCUT2D eigenvalue weighted by atomic mass is 10.2. The van der Waals surface area contributed by atoms with Crippen LogP contribution in [0.4, 0.5) is 4.39 Å². The molecule has 1 aromatic heterocycles. The quantitative estimate of drug-likeness (QED) is 0.850. The Balaban J connectivity index is 0.000000353. The van der Waals surface area contributed by atoms with Crippen molar-refractivity contribution in [3.8, 4) is 0 Å². The van der Waals surface area contributed by atoms with Crippen molar-refractivity contribution in [1.29, 1.82) is 0 Å². The summed E-state index contributed by atoms with van der Waals surface area (Å²) in [4.78, 5) is 16.9. The lowest BCUT2D eigenvalue weighted by Gasteiger charge is -2.11. The van der Waals surface area contributed by atoms with E-state index in [4.69, 9.17) is 11.6 Å². The molecular formula is C19H30ClFN4O. The molecule has 0 aliphatic carbocycles. The third kappa shape index (κ3) is 6.67. The Hall–Kier alpha value is -1.50. The Bertz CT molecular complexity index is 705. The highest BCUT2D eigenvalue weighted by Crippen LogP contribution is 2.16. The molecule has 0 bridgehead atoms. The minimum atomic E-state index is 0.0103. The van der Waals surface area contributed by atoms with Crippen molar-refractivity contribution in [2.75, 3.05) is 33.4 Å². The Morgan fingerprint density at radius 1 is 1.15 bits per heavy atom. The lowest BCUT2D eigenvalue weighted by Crippen LogP contribution is -2.39. The van der Waals surface area contributed by atoms with Crippen molar-refractivity contribution >= 4 is 22.5 Å². The highest BCUT2D eigenvalue weighted by Gasteiger charge is 2.09. The third-order valence-corrected chi connectivity index (χ3v) is 4.26. The van der Waals surface area contributed by atoms with E-state index < -0.39 is 0 Å². The maximum absolute atomic E-state index is 12.4. The highest BCUT2D eigenvalue weighted by atomic mass is 35.5. The molecule has 0 radical (unpaired) electrons. The van der Waals surface area contributed by atoms with E-state index >= 15 is 0 Å². The van der Waals surface area contributed by atoms with Gasteiger partial charge in [-0.25, -0.2) is 4.98 Å². The molecule has 2 N–H and O–H groups in total. The molecule has 2 heterocycles. The molecule has 0 saturated carbocycles. The summed E-state index contributed by atoms with van der Waals surface area (Å²) in [5, 5.41) is 7.62. The predicted molar refractivity (Wildman–Crippen MR) is 108 cm³/mol. The van der Waals surface area contributed by atoms with Crippen LogP contribution in [-0.4, -0.2) is 42.9 Å². The average Bonchev–Trinajstić information content (AvgIpc) is 2.70. The van der Waals surface area contributed by atoms with E-state index in [0.717, 1.165) is 56.8 Å². The maximum atomic E-state index is 12.4. The fourth-order valence-electron chi connectivity index (χ4n) is 2.69. The number of aromatic nitrogens is 2. The van der Waals surface area contributed by atoms with Crippen LogP contribution in [0.3, 0.4) is 0 Å². The van der Waals surface area contributed by atoms with Crippen molar-refractivity contribution in [3.63, 3.8) is 0 Å². The Morgan fingerprint density at radius 2 is 1.77 bits per heavy atom. The van der Waals surface area contributed by atoms with Crippen LogP contribution in [0.15, 0.2) is 23.0 Å². The molecule has 0 atom stereocenters. The summed E-state index contributed by atoms with van der Waals surface area (Å²) in [5.41, 5.74) is 0.747. The first-order chi connectivity index (χ1) is 12.7. The highest BCUT2D eigenvalue weighted by molar-refractivity contribution is 6.31. The second-order valence-corrected chi connectivity index (χ2v) is 6.28. The molecule has 5 nitrogen and oxygen atoms in total. The molecular weight excluding hydrogens is 355 g/mol. The number of nitrogens with one attached hydrogen (secondary N) is 2. The minimum absolute atomic E-state index is 0.0103. The van der Waals surface area contributed by atoms with Crippen molar-refractivity contribution < 1.29 is 4.39 Å². The summed E-state index contributed by atoms with van der Waals surface area (Å²) >= 11 is 5.93. The maximum Gasteiger partial charge on any atom is 0.261 e. The molecule has 2 aromatic rings. The number of fused-ring (bicyclic) bond motifs is 1. The Morgan fingerprint density at radius 3 is 2.27 bits per heavy atom. The summed E-state index contributed by atoms with van der Waals surface area (Å²) in [6.45, 7) is 9.30. The number of piperazine rings is 1. The summed E-state index contributed by atoms with van der Waals surface area (Å²) in [5.74, 6) is 0.874. The molecule has 7 heteroatoms. The molecule has 0 unspecified atom stereocenters. The minimum Gasteiger partial charge on any atom is -0.314 e. The van der Waals surface area contributed by atoms with E-state index in [2.05, 4.69) is 22.5 Å². The van der Waals surface area contributed by atoms with Gasteiger partial charge in [-0.1, -0.05) is 24.9 Å². The molecule has 1 aliphatic rings. The van der Waals surface area contributed by atoms with Crippen molar-refractivity contribution in [3.05, 3.63) is 39.4 Å². The van der Waals surface area contributed by atoms with Crippen LogP contribution in [0.25, 0.3) is 10.9 Å². The summed E-state index contributed by atoms with van der Waals surface area (Å²) in [6, 6.07) is 5.28. The van der Waals surface area contributed by atoms with Crippen LogP contribution >= 0.6 is 11.6 Å². The third-order valence-electron chi connectivity index (χ3n) is 4.02.